The molecule has 0 fully saturated rings. The van der Waals surface area contributed by atoms with E-state index >= 15 is 0 Å². The average Bonchev–Trinajstić information content (AvgIpc) is 2.14. The topological polar surface area (TPSA) is 76.5 Å². The van der Waals surface area contributed by atoms with Gasteiger partial charge in [0, 0.05) is 19.2 Å². The normalized spacial score (nSPS) is 9.92. The molecule has 0 amide bonds. The van der Waals surface area contributed by atoms with E-state index in [0.29, 0.717) is 5.82 Å². The molecule has 1 aromatic heterocycles. The van der Waals surface area contributed by atoms with Gasteiger partial charge in [0.1, 0.15) is 12.7 Å². The van der Waals surface area contributed by atoms with Crippen LogP contribution in [0.3, 0.4) is 0 Å². The minimum atomic E-state index is -0.436. The lowest BCUT2D eigenvalue weighted by Gasteiger charge is -1.95. The Labute approximate surface area is 74.6 Å². The SMILES string of the molecule is CC(=O)ONC=Nc1ccncn1. The zero-order chi connectivity index (χ0) is 9.52. The second kappa shape index (κ2) is 4.81. The number of carbonyl (C=O) groups excluding carboxylic acids is 1. The van der Waals surface area contributed by atoms with Gasteiger partial charge in [-0.1, -0.05) is 0 Å². The molecule has 0 aliphatic carbocycles. The summed E-state index contributed by atoms with van der Waals surface area (Å²) < 4.78 is 0. The number of hydrogen-bond donors (Lipinski definition) is 1. The predicted octanol–water partition coefficient (Wildman–Crippen LogP) is 0.204. The van der Waals surface area contributed by atoms with Crippen molar-refractivity contribution in [2.45, 2.75) is 6.92 Å². The lowest BCUT2D eigenvalue weighted by Crippen LogP contribution is -2.15. The van der Waals surface area contributed by atoms with E-state index < -0.39 is 5.97 Å². The molecule has 0 aliphatic heterocycles. The third kappa shape index (κ3) is 3.80. The Kier molecular flexibility index (Phi) is 3.37. The summed E-state index contributed by atoms with van der Waals surface area (Å²) in [7, 11) is 0. The van der Waals surface area contributed by atoms with Gasteiger partial charge in [-0.25, -0.2) is 20.4 Å². The van der Waals surface area contributed by atoms with E-state index in [2.05, 4.69) is 25.3 Å². The third-order valence-electron chi connectivity index (χ3n) is 1.02. The minimum Gasteiger partial charge on any atom is -0.343 e. The molecule has 1 aromatic rings. The summed E-state index contributed by atoms with van der Waals surface area (Å²) in [6, 6.07) is 1.62. The molecule has 0 spiro atoms. The monoisotopic (exact) mass is 180 g/mol. The summed E-state index contributed by atoms with van der Waals surface area (Å²) in [5.74, 6) is 0.0452. The first-order valence-electron chi connectivity index (χ1n) is 3.50. The van der Waals surface area contributed by atoms with Crippen molar-refractivity contribution >= 4 is 18.1 Å². The fourth-order valence-electron chi connectivity index (χ4n) is 0.562. The van der Waals surface area contributed by atoms with Crippen LogP contribution >= 0.6 is 0 Å². The Balaban J connectivity index is 2.37. The highest BCUT2D eigenvalue weighted by molar-refractivity contribution is 5.68. The Morgan fingerprint density at radius 1 is 1.77 bits per heavy atom. The predicted molar refractivity (Wildman–Crippen MR) is 45.1 cm³/mol. The van der Waals surface area contributed by atoms with E-state index in [9.17, 15) is 4.79 Å². The first kappa shape index (κ1) is 9.11. The van der Waals surface area contributed by atoms with Crippen LogP contribution in [-0.2, 0) is 9.63 Å². The Hall–Kier alpha value is -1.98. The zero-order valence-corrected chi connectivity index (χ0v) is 6.97. The molecule has 0 saturated carbocycles. The molecule has 6 nitrogen and oxygen atoms in total. The summed E-state index contributed by atoms with van der Waals surface area (Å²) in [6.45, 7) is 1.28. The minimum absolute atomic E-state index is 0.436. The number of nitrogens with zero attached hydrogens (tertiary/aromatic N) is 3. The molecule has 6 heteroatoms. The highest BCUT2D eigenvalue weighted by atomic mass is 16.7. The van der Waals surface area contributed by atoms with Crippen molar-refractivity contribution in [1.29, 1.82) is 0 Å². The summed E-state index contributed by atoms with van der Waals surface area (Å²) in [6.07, 6.45) is 4.16. The molecule has 0 saturated heterocycles. The van der Waals surface area contributed by atoms with Gasteiger partial charge in [-0.15, -0.1) is 0 Å². The number of carbonyl (C=O) groups is 1. The van der Waals surface area contributed by atoms with Crippen LogP contribution in [0, 0.1) is 0 Å². The standard InChI is InChI=1S/C7H8N4O2/c1-6(12)13-11-5-10-7-2-3-8-4-9-7/h2-5H,1H3,(H,8,9,10,11). The molecule has 0 atom stereocenters. The molecule has 0 aromatic carbocycles. The first-order chi connectivity index (χ1) is 6.29. The lowest BCUT2D eigenvalue weighted by molar-refractivity contribution is -0.144. The summed E-state index contributed by atoms with van der Waals surface area (Å²) in [4.78, 5) is 26.0. The largest absolute Gasteiger partial charge is 0.343 e. The number of rotatable bonds is 3. The highest BCUT2D eigenvalue weighted by Crippen LogP contribution is 2.00. The molecule has 1 heterocycles. The van der Waals surface area contributed by atoms with Crippen molar-refractivity contribution in [3.8, 4) is 0 Å². The van der Waals surface area contributed by atoms with Gasteiger partial charge < -0.3 is 4.84 Å². The molecule has 13 heavy (non-hydrogen) atoms. The van der Waals surface area contributed by atoms with E-state index in [1.807, 2.05) is 0 Å². The lowest BCUT2D eigenvalue weighted by atomic mass is 10.6. The average molecular weight is 180 g/mol. The van der Waals surface area contributed by atoms with Crippen LogP contribution < -0.4 is 5.48 Å². The van der Waals surface area contributed by atoms with Gasteiger partial charge in [0.2, 0.25) is 0 Å². The third-order valence-corrected chi connectivity index (χ3v) is 1.02. The van der Waals surface area contributed by atoms with Crippen molar-refractivity contribution in [2.24, 2.45) is 4.99 Å². The van der Waals surface area contributed by atoms with Gasteiger partial charge in [0.15, 0.2) is 5.82 Å². The second-order valence-electron chi connectivity index (χ2n) is 2.04. The van der Waals surface area contributed by atoms with Crippen LogP contribution in [0.5, 0.6) is 0 Å². The maximum atomic E-state index is 10.3. The smallest absolute Gasteiger partial charge is 0.329 e. The van der Waals surface area contributed by atoms with Gasteiger partial charge in [-0.05, 0) is 0 Å². The number of nitrogens with one attached hydrogen (secondary N) is 1. The fourth-order valence-corrected chi connectivity index (χ4v) is 0.562. The van der Waals surface area contributed by atoms with Crippen LogP contribution in [0.1, 0.15) is 6.92 Å². The molecule has 1 N–H and O–H groups in total. The van der Waals surface area contributed by atoms with Crippen LogP contribution in [0.25, 0.3) is 0 Å². The van der Waals surface area contributed by atoms with E-state index in [0.717, 1.165) is 0 Å². The Morgan fingerprint density at radius 2 is 2.62 bits per heavy atom. The summed E-state index contributed by atoms with van der Waals surface area (Å²) in [5, 5.41) is 0. The van der Waals surface area contributed by atoms with Crippen molar-refractivity contribution < 1.29 is 9.63 Å². The van der Waals surface area contributed by atoms with Gasteiger partial charge in [0.25, 0.3) is 0 Å². The second-order valence-corrected chi connectivity index (χ2v) is 2.04. The van der Waals surface area contributed by atoms with Crippen molar-refractivity contribution in [2.75, 3.05) is 0 Å². The maximum absolute atomic E-state index is 10.3. The van der Waals surface area contributed by atoms with E-state index in [1.165, 1.54) is 19.6 Å². The van der Waals surface area contributed by atoms with Crippen molar-refractivity contribution in [3.63, 3.8) is 0 Å². The fraction of sp³-hybridized carbons (Fsp3) is 0.143. The van der Waals surface area contributed by atoms with Gasteiger partial charge in [0.05, 0.1) is 0 Å². The number of aliphatic imine (C=N–C) groups is 1. The number of hydroxylamine groups is 1. The van der Waals surface area contributed by atoms with Crippen molar-refractivity contribution in [3.05, 3.63) is 18.6 Å². The van der Waals surface area contributed by atoms with Crippen LogP contribution in [0.15, 0.2) is 23.6 Å². The van der Waals surface area contributed by atoms with E-state index in [1.54, 1.807) is 12.3 Å². The van der Waals surface area contributed by atoms with Crippen molar-refractivity contribution in [1.82, 2.24) is 15.4 Å². The number of hydrogen-bond acceptors (Lipinski definition) is 5. The highest BCUT2D eigenvalue weighted by Gasteiger charge is 1.87. The first-order valence-corrected chi connectivity index (χ1v) is 3.50. The Morgan fingerprint density at radius 3 is 3.23 bits per heavy atom. The van der Waals surface area contributed by atoms with Gasteiger partial charge in [-0.2, -0.15) is 0 Å². The van der Waals surface area contributed by atoms with Gasteiger partial charge >= 0.3 is 5.97 Å². The molecular formula is C7H8N4O2. The molecule has 0 unspecified atom stereocenters. The Bertz CT molecular complexity index is 299. The van der Waals surface area contributed by atoms with E-state index in [-0.39, 0.29) is 0 Å². The molecule has 0 radical (unpaired) electrons. The molecule has 68 valence electrons. The molecule has 1 rings (SSSR count). The van der Waals surface area contributed by atoms with Gasteiger partial charge in [-0.3, -0.25) is 4.79 Å². The maximum Gasteiger partial charge on any atom is 0.329 e. The summed E-state index contributed by atoms with van der Waals surface area (Å²) >= 11 is 0. The molecule has 0 bridgehead atoms. The quantitative estimate of drug-likeness (QED) is 0.408. The zero-order valence-electron chi connectivity index (χ0n) is 6.97. The van der Waals surface area contributed by atoms with Crippen LogP contribution in [0.4, 0.5) is 5.82 Å². The van der Waals surface area contributed by atoms with Crippen LogP contribution in [0.2, 0.25) is 0 Å². The summed E-state index contributed by atoms with van der Waals surface area (Å²) in [5.41, 5.74) is 2.23. The molecule has 0 aliphatic rings. The van der Waals surface area contributed by atoms with E-state index in [4.69, 9.17) is 0 Å². The molecular weight excluding hydrogens is 172 g/mol. The number of aromatic nitrogens is 2. The van der Waals surface area contributed by atoms with Crippen LogP contribution in [-0.4, -0.2) is 22.3 Å².